The molecule has 29 heavy (non-hydrogen) atoms. The lowest BCUT2D eigenvalue weighted by molar-refractivity contribution is 0.259. The number of rotatable bonds is 5. The maximum Gasteiger partial charge on any atom is 0.316 e. The Morgan fingerprint density at radius 2 is 1.86 bits per heavy atom. The highest BCUT2D eigenvalue weighted by atomic mass is 32.1. The van der Waals surface area contributed by atoms with E-state index in [2.05, 4.69) is 29.6 Å². The first-order chi connectivity index (χ1) is 14.0. The maximum atomic E-state index is 11.1. The Kier molecular flexibility index (Phi) is 5.01. The zero-order valence-electron chi connectivity index (χ0n) is 15.6. The molecule has 0 saturated heterocycles. The van der Waals surface area contributed by atoms with Crippen molar-refractivity contribution < 1.29 is 4.79 Å². The number of benzene rings is 3. The minimum absolute atomic E-state index is 0.590. The van der Waals surface area contributed by atoms with Crippen molar-refractivity contribution >= 4 is 45.0 Å². The van der Waals surface area contributed by atoms with Gasteiger partial charge in [0.2, 0.25) is 0 Å². The Bertz CT molecular complexity index is 1200. The van der Waals surface area contributed by atoms with Crippen molar-refractivity contribution in [3.63, 3.8) is 0 Å². The van der Waals surface area contributed by atoms with Gasteiger partial charge in [-0.15, -0.1) is 11.3 Å². The highest BCUT2D eigenvalue weighted by Crippen LogP contribution is 2.38. The van der Waals surface area contributed by atoms with Crippen LogP contribution in [0.5, 0.6) is 0 Å². The summed E-state index contributed by atoms with van der Waals surface area (Å²) in [7, 11) is 0. The molecule has 4 aromatic rings. The molecule has 144 valence electrons. The normalized spacial score (nSPS) is 10.8. The molecule has 0 fully saturated rings. The number of anilines is 2. The van der Waals surface area contributed by atoms with E-state index < -0.39 is 6.03 Å². The van der Waals surface area contributed by atoms with E-state index >= 15 is 0 Å². The van der Waals surface area contributed by atoms with Gasteiger partial charge in [-0.3, -0.25) is 0 Å². The molecule has 6 N–H and O–H groups in total. The number of urea groups is 1. The van der Waals surface area contributed by atoms with Gasteiger partial charge in [0.05, 0.1) is 0 Å². The van der Waals surface area contributed by atoms with Crippen molar-refractivity contribution in [2.75, 3.05) is 11.1 Å². The first-order valence-corrected chi connectivity index (χ1v) is 9.92. The third kappa shape index (κ3) is 3.97. The largest absolute Gasteiger partial charge is 0.398 e. The minimum Gasteiger partial charge on any atom is -0.398 e. The van der Waals surface area contributed by atoms with E-state index in [1.165, 1.54) is 16.3 Å². The summed E-state index contributed by atoms with van der Waals surface area (Å²) in [5.41, 5.74) is 16.6. The molecule has 0 spiro atoms. The van der Waals surface area contributed by atoms with Crippen LogP contribution >= 0.6 is 11.3 Å². The number of nitrogens with one attached hydrogen (secondary N) is 2. The van der Waals surface area contributed by atoms with E-state index in [-0.39, 0.29) is 0 Å². The number of hydrogen-bond acceptors (Lipinski definition) is 4. The second kappa shape index (κ2) is 7.77. The smallest absolute Gasteiger partial charge is 0.316 e. The number of primary amides is 1. The molecule has 3 aromatic carbocycles. The summed E-state index contributed by atoms with van der Waals surface area (Å²) in [6.07, 6.45) is 1.94. The van der Waals surface area contributed by atoms with Gasteiger partial charge in [-0.05, 0) is 59.3 Å². The Labute approximate surface area is 172 Å². The molecule has 5 nitrogen and oxygen atoms in total. The first kappa shape index (κ1) is 18.7. The fourth-order valence-electron chi connectivity index (χ4n) is 3.41. The molecule has 1 aromatic heterocycles. The number of nitrogens with two attached hydrogens (primary N) is 2. The standard InChI is InChI=1S/C23H20N4OS/c24-13-17-9-15(8-14-4-3-6-18(10-14)27-23(26)28)11-19(22(17)25)21-12-16-5-1-2-7-20(16)29-21/h1-7,9-13,24H,8,25H2,(H3,26,27,28). The van der Waals surface area contributed by atoms with E-state index in [0.717, 1.165) is 21.6 Å². The van der Waals surface area contributed by atoms with Crippen LogP contribution in [0.1, 0.15) is 16.7 Å². The molecule has 2 amide bonds. The van der Waals surface area contributed by atoms with Crippen molar-refractivity contribution in [2.45, 2.75) is 6.42 Å². The molecule has 0 atom stereocenters. The van der Waals surface area contributed by atoms with Crippen LogP contribution in [0, 0.1) is 5.41 Å². The molecular formula is C23H20N4OS. The van der Waals surface area contributed by atoms with Gasteiger partial charge < -0.3 is 22.2 Å². The van der Waals surface area contributed by atoms with E-state index in [9.17, 15) is 4.79 Å². The molecular weight excluding hydrogens is 380 g/mol. The maximum absolute atomic E-state index is 11.1. The highest BCUT2D eigenvalue weighted by Gasteiger charge is 2.12. The molecule has 0 bridgehead atoms. The van der Waals surface area contributed by atoms with Crippen molar-refractivity contribution in [3.05, 3.63) is 83.4 Å². The molecule has 4 rings (SSSR count). The van der Waals surface area contributed by atoms with Crippen LogP contribution in [0.25, 0.3) is 20.5 Å². The van der Waals surface area contributed by atoms with Crippen LogP contribution in [0.2, 0.25) is 0 Å². The minimum atomic E-state index is -0.590. The zero-order chi connectivity index (χ0) is 20.4. The fourth-order valence-corrected chi connectivity index (χ4v) is 4.51. The predicted octanol–water partition coefficient (Wildman–Crippen LogP) is 5.23. The number of amides is 2. The topological polar surface area (TPSA) is 105 Å². The highest BCUT2D eigenvalue weighted by molar-refractivity contribution is 7.22. The number of carbonyl (C=O) groups excluding carboxylic acids is 1. The van der Waals surface area contributed by atoms with E-state index in [0.29, 0.717) is 23.4 Å². The van der Waals surface area contributed by atoms with Gasteiger partial charge in [-0.25, -0.2) is 4.79 Å². The molecule has 0 saturated carbocycles. The quantitative estimate of drug-likeness (QED) is 0.272. The lowest BCUT2D eigenvalue weighted by Gasteiger charge is -2.12. The van der Waals surface area contributed by atoms with E-state index in [1.807, 2.05) is 36.4 Å². The van der Waals surface area contributed by atoms with Crippen LogP contribution in [-0.2, 0) is 6.42 Å². The van der Waals surface area contributed by atoms with Gasteiger partial charge in [0.25, 0.3) is 0 Å². The summed E-state index contributed by atoms with van der Waals surface area (Å²) < 4.78 is 1.20. The van der Waals surface area contributed by atoms with Crippen LogP contribution < -0.4 is 16.8 Å². The summed E-state index contributed by atoms with van der Waals surface area (Å²) in [6.45, 7) is 0. The number of hydrogen-bond donors (Lipinski definition) is 4. The molecule has 1 heterocycles. The number of thiophene rings is 1. The van der Waals surface area contributed by atoms with Gasteiger partial charge in [0.15, 0.2) is 0 Å². The summed E-state index contributed by atoms with van der Waals surface area (Å²) in [5, 5.41) is 11.6. The monoisotopic (exact) mass is 400 g/mol. The molecule has 0 aliphatic heterocycles. The van der Waals surface area contributed by atoms with Crippen LogP contribution in [0.3, 0.4) is 0 Å². The fraction of sp³-hybridized carbons (Fsp3) is 0.0435. The Morgan fingerprint density at radius 1 is 1.03 bits per heavy atom. The van der Waals surface area contributed by atoms with E-state index in [1.54, 1.807) is 17.4 Å². The zero-order valence-corrected chi connectivity index (χ0v) is 16.4. The van der Waals surface area contributed by atoms with Crippen molar-refractivity contribution in [1.29, 1.82) is 5.41 Å². The molecule has 0 radical (unpaired) electrons. The molecule has 0 aliphatic rings. The Hall–Kier alpha value is -3.64. The lowest BCUT2D eigenvalue weighted by atomic mass is 9.97. The van der Waals surface area contributed by atoms with Crippen LogP contribution in [-0.4, -0.2) is 12.2 Å². The molecule has 0 unspecified atom stereocenters. The summed E-state index contributed by atoms with van der Waals surface area (Å²) in [5.74, 6) is 0. The lowest BCUT2D eigenvalue weighted by Crippen LogP contribution is -2.19. The van der Waals surface area contributed by atoms with Crippen molar-refractivity contribution in [2.24, 2.45) is 5.73 Å². The third-order valence-corrected chi connectivity index (χ3v) is 5.87. The number of carbonyl (C=O) groups is 1. The average Bonchev–Trinajstić information content (AvgIpc) is 3.13. The second-order valence-electron chi connectivity index (χ2n) is 6.81. The average molecular weight is 401 g/mol. The van der Waals surface area contributed by atoms with E-state index in [4.69, 9.17) is 16.9 Å². The van der Waals surface area contributed by atoms with Gasteiger partial charge in [-0.1, -0.05) is 30.3 Å². The van der Waals surface area contributed by atoms with Gasteiger partial charge in [-0.2, -0.15) is 0 Å². The molecule has 0 aliphatic carbocycles. The van der Waals surface area contributed by atoms with Crippen LogP contribution in [0.15, 0.2) is 66.7 Å². The summed E-state index contributed by atoms with van der Waals surface area (Å²) in [6, 6.07) is 21.4. The number of nitrogen functional groups attached to an aromatic ring is 1. The van der Waals surface area contributed by atoms with Gasteiger partial charge in [0, 0.05) is 38.3 Å². The SMILES string of the molecule is N=Cc1cc(Cc2cccc(NC(N)=O)c2)cc(-c2cc3ccccc3s2)c1N. The Balaban J connectivity index is 1.74. The van der Waals surface area contributed by atoms with Gasteiger partial charge >= 0.3 is 6.03 Å². The van der Waals surface area contributed by atoms with Crippen molar-refractivity contribution in [1.82, 2.24) is 0 Å². The van der Waals surface area contributed by atoms with Crippen LogP contribution in [0.4, 0.5) is 16.2 Å². The summed E-state index contributed by atoms with van der Waals surface area (Å²) in [4.78, 5) is 12.2. The first-order valence-electron chi connectivity index (χ1n) is 9.10. The predicted molar refractivity (Wildman–Crippen MR) is 122 cm³/mol. The number of fused-ring (bicyclic) bond motifs is 1. The third-order valence-electron chi connectivity index (χ3n) is 4.72. The second-order valence-corrected chi connectivity index (χ2v) is 7.89. The Morgan fingerprint density at radius 3 is 2.62 bits per heavy atom. The summed E-state index contributed by atoms with van der Waals surface area (Å²) >= 11 is 1.69. The molecule has 6 heteroatoms. The van der Waals surface area contributed by atoms with Crippen molar-refractivity contribution in [3.8, 4) is 10.4 Å². The van der Waals surface area contributed by atoms with Gasteiger partial charge in [0.1, 0.15) is 0 Å².